The van der Waals surface area contributed by atoms with Crippen LogP contribution >= 0.6 is 0 Å². The molecule has 0 atom stereocenters. The van der Waals surface area contributed by atoms with Gasteiger partial charge in [-0.25, -0.2) is 8.78 Å². The van der Waals surface area contributed by atoms with Gasteiger partial charge < -0.3 is 10.4 Å². The molecule has 112 valence electrons. The lowest BCUT2D eigenvalue weighted by molar-refractivity contribution is -0.117. The second kappa shape index (κ2) is 7.91. The molecule has 1 amide bonds. The van der Waals surface area contributed by atoms with Gasteiger partial charge in [0.15, 0.2) is 11.6 Å². The van der Waals surface area contributed by atoms with Crippen molar-refractivity contribution in [3.05, 3.63) is 29.8 Å². The van der Waals surface area contributed by atoms with E-state index < -0.39 is 11.6 Å². The molecule has 20 heavy (non-hydrogen) atoms. The third-order valence-corrected chi connectivity index (χ3v) is 2.88. The van der Waals surface area contributed by atoms with E-state index in [4.69, 9.17) is 5.11 Å². The van der Waals surface area contributed by atoms with Gasteiger partial charge in [0, 0.05) is 30.9 Å². The number of nitrogens with zero attached hydrogens (tertiary/aromatic N) is 1. The molecular weight excluding hydrogens is 266 g/mol. The van der Waals surface area contributed by atoms with Gasteiger partial charge in [-0.05, 0) is 32.4 Å². The van der Waals surface area contributed by atoms with Crippen LogP contribution in [0.4, 0.5) is 14.5 Å². The van der Waals surface area contributed by atoms with E-state index in [1.54, 1.807) is 0 Å². The van der Waals surface area contributed by atoms with Gasteiger partial charge in [0.05, 0.1) is 6.54 Å². The van der Waals surface area contributed by atoms with E-state index in [2.05, 4.69) is 5.32 Å². The molecule has 1 aromatic carbocycles. The lowest BCUT2D eigenvalue weighted by Crippen LogP contribution is -2.39. The minimum atomic E-state index is -0.996. The smallest absolute Gasteiger partial charge is 0.238 e. The number of rotatable bonds is 7. The molecule has 0 saturated carbocycles. The summed E-state index contributed by atoms with van der Waals surface area (Å²) in [5, 5.41) is 11.3. The number of hydrogen-bond donors (Lipinski definition) is 2. The fourth-order valence-corrected chi connectivity index (χ4v) is 1.75. The van der Waals surface area contributed by atoms with Crippen LogP contribution in [0.3, 0.4) is 0 Å². The molecule has 0 saturated heterocycles. The second-order valence-corrected chi connectivity index (χ2v) is 4.82. The Kier molecular flexibility index (Phi) is 6.54. The van der Waals surface area contributed by atoms with E-state index in [1.165, 1.54) is 6.07 Å². The zero-order chi connectivity index (χ0) is 15.1. The number of aliphatic hydroxyl groups is 1. The monoisotopic (exact) mass is 286 g/mol. The molecule has 0 bridgehead atoms. The molecule has 0 aromatic heterocycles. The van der Waals surface area contributed by atoms with E-state index in [9.17, 15) is 13.6 Å². The zero-order valence-corrected chi connectivity index (χ0v) is 11.7. The average molecular weight is 286 g/mol. The number of anilines is 1. The van der Waals surface area contributed by atoms with Gasteiger partial charge in [-0.1, -0.05) is 0 Å². The quantitative estimate of drug-likeness (QED) is 0.806. The molecule has 2 N–H and O–H groups in total. The summed E-state index contributed by atoms with van der Waals surface area (Å²) < 4.78 is 25.8. The van der Waals surface area contributed by atoms with E-state index in [1.807, 2.05) is 18.7 Å². The molecule has 0 aliphatic carbocycles. The minimum Gasteiger partial charge on any atom is -0.396 e. The molecule has 0 aliphatic heterocycles. The third kappa shape index (κ3) is 5.22. The van der Waals surface area contributed by atoms with Crippen molar-refractivity contribution in [3.63, 3.8) is 0 Å². The van der Waals surface area contributed by atoms with Crippen LogP contribution < -0.4 is 5.32 Å². The number of carbonyl (C=O) groups is 1. The Labute approximate surface area is 117 Å². The van der Waals surface area contributed by atoms with Gasteiger partial charge in [-0.2, -0.15) is 0 Å². The van der Waals surface area contributed by atoms with Gasteiger partial charge in [0.25, 0.3) is 0 Å². The maximum Gasteiger partial charge on any atom is 0.238 e. The SMILES string of the molecule is CC(C)N(CCCO)CC(=O)Nc1ccc(F)c(F)c1. The van der Waals surface area contributed by atoms with Crippen LogP contribution in [0.5, 0.6) is 0 Å². The van der Waals surface area contributed by atoms with Crippen molar-refractivity contribution in [1.82, 2.24) is 4.90 Å². The summed E-state index contributed by atoms with van der Waals surface area (Å²) >= 11 is 0. The Balaban J connectivity index is 2.58. The van der Waals surface area contributed by atoms with E-state index >= 15 is 0 Å². The van der Waals surface area contributed by atoms with Crippen LogP contribution in [-0.2, 0) is 4.79 Å². The van der Waals surface area contributed by atoms with E-state index in [0.29, 0.717) is 13.0 Å². The highest BCUT2D eigenvalue weighted by Gasteiger charge is 2.14. The van der Waals surface area contributed by atoms with Crippen molar-refractivity contribution < 1.29 is 18.7 Å². The van der Waals surface area contributed by atoms with E-state index in [0.717, 1.165) is 12.1 Å². The Bertz CT molecular complexity index is 453. The molecule has 0 unspecified atom stereocenters. The first kappa shape index (κ1) is 16.5. The molecule has 0 heterocycles. The number of halogens is 2. The number of aliphatic hydroxyl groups excluding tert-OH is 1. The van der Waals surface area contributed by atoms with Gasteiger partial charge in [-0.3, -0.25) is 9.69 Å². The summed E-state index contributed by atoms with van der Waals surface area (Å²) in [6, 6.07) is 3.37. The van der Waals surface area contributed by atoms with Gasteiger partial charge >= 0.3 is 0 Å². The molecular formula is C14H20F2N2O2. The predicted octanol–water partition coefficient (Wildman–Crippen LogP) is 2.00. The third-order valence-electron chi connectivity index (χ3n) is 2.88. The van der Waals surface area contributed by atoms with Crippen LogP contribution in [0.2, 0.25) is 0 Å². The standard InChI is InChI=1S/C14H20F2N2O2/c1-10(2)18(6-3-7-19)9-14(20)17-11-4-5-12(15)13(16)8-11/h4-5,8,10,19H,3,6-7,9H2,1-2H3,(H,17,20). The maximum absolute atomic E-state index is 13.0. The summed E-state index contributed by atoms with van der Waals surface area (Å²) in [5.74, 6) is -2.25. The Morgan fingerprint density at radius 1 is 1.35 bits per heavy atom. The largest absolute Gasteiger partial charge is 0.396 e. The van der Waals surface area contributed by atoms with Crippen LogP contribution in [-0.4, -0.2) is 41.7 Å². The second-order valence-electron chi connectivity index (χ2n) is 4.82. The highest BCUT2D eigenvalue weighted by molar-refractivity contribution is 5.92. The fraction of sp³-hybridized carbons (Fsp3) is 0.500. The Morgan fingerprint density at radius 2 is 2.05 bits per heavy atom. The Hall–Kier alpha value is -1.53. The zero-order valence-electron chi connectivity index (χ0n) is 11.7. The van der Waals surface area contributed by atoms with Crippen LogP contribution in [0, 0.1) is 11.6 Å². The van der Waals surface area contributed by atoms with Crippen molar-refractivity contribution >= 4 is 11.6 Å². The van der Waals surface area contributed by atoms with Crippen molar-refractivity contribution in [2.45, 2.75) is 26.3 Å². The van der Waals surface area contributed by atoms with Crippen LogP contribution in [0.1, 0.15) is 20.3 Å². The number of carbonyl (C=O) groups excluding carboxylic acids is 1. The topological polar surface area (TPSA) is 52.6 Å². The first-order valence-corrected chi connectivity index (χ1v) is 6.54. The van der Waals surface area contributed by atoms with Crippen molar-refractivity contribution in [3.8, 4) is 0 Å². The summed E-state index contributed by atoms with van der Waals surface area (Å²) in [7, 11) is 0. The molecule has 4 nitrogen and oxygen atoms in total. The van der Waals surface area contributed by atoms with E-state index in [-0.39, 0.29) is 30.8 Å². The number of benzene rings is 1. The lowest BCUT2D eigenvalue weighted by atomic mass is 10.2. The number of nitrogens with one attached hydrogen (secondary N) is 1. The maximum atomic E-state index is 13.0. The van der Waals surface area contributed by atoms with Crippen molar-refractivity contribution in [2.24, 2.45) is 0 Å². The molecule has 0 aliphatic rings. The molecule has 1 aromatic rings. The summed E-state index contributed by atoms with van der Waals surface area (Å²) in [4.78, 5) is 13.7. The highest BCUT2D eigenvalue weighted by Crippen LogP contribution is 2.13. The summed E-state index contributed by atoms with van der Waals surface area (Å²) in [6.45, 7) is 4.69. The molecule has 6 heteroatoms. The molecule has 1 rings (SSSR count). The average Bonchev–Trinajstić information content (AvgIpc) is 2.38. The highest BCUT2D eigenvalue weighted by atomic mass is 19.2. The number of hydrogen-bond acceptors (Lipinski definition) is 3. The summed E-state index contributed by atoms with van der Waals surface area (Å²) in [6.07, 6.45) is 0.580. The predicted molar refractivity (Wildman–Crippen MR) is 73.4 cm³/mol. The van der Waals surface area contributed by atoms with Crippen LogP contribution in [0.25, 0.3) is 0 Å². The van der Waals surface area contributed by atoms with Crippen molar-refractivity contribution in [1.29, 1.82) is 0 Å². The van der Waals surface area contributed by atoms with Crippen molar-refractivity contribution in [2.75, 3.05) is 25.0 Å². The normalized spacial score (nSPS) is 11.2. The molecule has 0 fully saturated rings. The van der Waals surface area contributed by atoms with Gasteiger partial charge in [0.1, 0.15) is 0 Å². The number of amides is 1. The van der Waals surface area contributed by atoms with Crippen LogP contribution in [0.15, 0.2) is 18.2 Å². The lowest BCUT2D eigenvalue weighted by Gasteiger charge is -2.25. The molecule has 0 radical (unpaired) electrons. The van der Waals surface area contributed by atoms with Gasteiger partial charge in [0.2, 0.25) is 5.91 Å². The van der Waals surface area contributed by atoms with Gasteiger partial charge in [-0.15, -0.1) is 0 Å². The minimum absolute atomic E-state index is 0.0635. The first-order chi connectivity index (χ1) is 9.43. The Morgan fingerprint density at radius 3 is 2.60 bits per heavy atom. The fourth-order valence-electron chi connectivity index (χ4n) is 1.75. The summed E-state index contributed by atoms with van der Waals surface area (Å²) in [5.41, 5.74) is 0.222. The molecule has 0 spiro atoms. The first-order valence-electron chi connectivity index (χ1n) is 6.54.